The van der Waals surface area contributed by atoms with Gasteiger partial charge >= 0.3 is 12.2 Å². The first-order chi connectivity index (χ1) is 13.4. The minimum atomic E-state index is -4.65. The largest absolute Gasteiger partial charge is 0.417 e. The van der Waals surface area contributed by atoms with Gasteiger partial charge in [0, 0.05) is 16.1 Å². The normalized spacial score (nSPS) is 11.5. The van der Waals surface area contributed by atoms with E-state index in [1.165, 1.54) is 0 Å². The smallest absolute Gasteiger partial charge is 0.277 e. The molecule has 0 aliphatic carbocycles. The highest BCUT2D eigenvalue weighted by molar-refractivity contribution is 7.98. The number of halogens is 5. The van der Waals surface area contributed by atoms with Crippen LogP contribution in [0, 0.1) is 6.92 Å². The maximum atomic E-state index is 12.6. The number of pyridine rings is 1. The Balaban J connectivity index is 2.08. The molecule has 0 radical (unpaired) electrons. The Morgan fingerprint density at radius 2 is 1.83 bits per heavy atom. The number of urea groups is 1. The van der Waals surface area contributed by atoms with Crippen molar-refractivity contribution in [3.63, 3.8) is 0 Å². The lowest BCUT2D eigenvalue weighted by Crippen LogP contribution is -2.37. The molecule has 0 fully saturated rings. The van der Waals surface area contributed by atoms with E-state index in [0.717, 1.165) is 28.0 Å². The number of aryl methyl sites for hydroxylation is 1. The van der Waals surface area contributed by atoms with E-state index < -0.39 is 34.4 Å². The summed E-state index contributed by atoms with van der Waals surface area (Å²) in [4.78, 5) is 28.4. The lowest BCUT2D eigenvalue weighted by Gasteiger charge is -2.16. The van der Waals surface area contributed by atoms with Crippen LogP contribution in [0.5, 0.6) is 0 Å². The van der Waals surface area contributed by atoms with Crippen molar-refractivity contribution in [2.24, 2.45) is 0 Å². The highest BCUT2D eigenvalue weighted by Crippen LogP contribution is 2.33. The molecule has 3 amide bonds. The predicted octanol–water partition coefficient (Wildman–Crippen LogP) is 5.99. The van der Waals surface area contributed by atoms with Crippen LogP contribution in [0.2, 0.25) is 10.0 Å². The van der Waals surface area contributed by atoms with E-state index in [1.54, 1.807) is 12.1 Å². The molecule has 0 aliphatic rings. The first-order valence-corrected chi connectivity index (χ1v) is 9.78. The van der Waals surface area contributed by atoms with Gasteiger partial charge in [-0.3, -0.25) is 14.8 Å². The lowest BCUT2D eigenvalue weighted by molar-refractivity contribution is -0.137. The summed E-state index contributed by atoms with van der Waals surface area (Å²) in [5.41, 5.74) is 0.160. The number of carbonyl (C=O) groups excluding carboxylic acids is 2. The zero-order valence-corrected chi connectivity index (χ0v) is 17.8. The van der Waals surface area contributed by atoms with Crippen LogP contribution in [0.1, 0.15) is 46.9 Å². The predicted molar refractivity (Wildman–Crippen MR) is 106 cm³/mol. The Bertz CT molecular complexity index is 953. The summed E-state index contributed by atoms with van der Waals surface area (Å²) in [5.74, 6) is -0.893. The number of hydrogen-bond acceptors (Lipinski definition) is 4. The molecule has 0 saturated heterocycles. The number of benzene rings is 1. The molecule has 0 spiro atoms. The maximum Gasteiger partial charge on any atom is 0.417 e. The van der Waals surface area contributed by atoms with Gasteiger partial charge in [-0.15, -0.1) is 0 Å². The van der Waals surface area contributed by atoms with E-state index in [-0.39, 0.29) is 5.92 Å². The second-order valence-corrected chi connectivity index (χ2v) is 8.00. The van der Waals surface area contributed by atoms with Gasteiger partial charge in [0.2, 0.25) is 0 Å². The number of hydrogen-bond donors (Lipinski definition) is 2. The number of carbonyl (C=O) groups is 2. The van der Waals surface area contributed by atoms with Gasteiger partial charge in [-0.1, -0.05) is 37.0 Å². The molecule has 0 aliphatic heterocycles. The van der Waals surface area contributed by atoms with Crippen molar-refractivity contribution in [1.82, 2.24) is 15.0 Å². The minimum Gasteiger partial charge on any atom is -0.277 e. The minimum absolute atomic E-state index is 0.136. The van der Waals surface area contributed by atoms with E-state index in [9.17, 15) is 22.8 Å². The molecule has 0 unspecified atom stereocenters. The maximum absolute atomic E-state index is 12.6. The van der Waals surface area contributed by atoms with Gasteiger partial charge in [-0.2, -0.15) is 13.2 Å². The van der Waals surface area contributed by atoms with Gasteiger partial charge in [0.05, 0.1) is 10.6 Å². The van der Waals surface area contributed by atoms with Crippen LogP contribution in [0.15, 0.2) is 29.3 Å². The third-order valence-corrected chi connectivity index (χ3v) is 5.30. The number of nitrogens with zero attached hydrogens (tertiary/aromatic N) is 1. The molecule has 5 nitrogen and oxygen atoms in total. The van der Waals surface area contributed by atoms with Gasteiger partial charge < -0.3 is 0 Å². The van der Waals surface area contributed by atoms with Crippen LogP contribution in [0.25, 0.3) is 0 Å². The fourth-order valence-electron chi connectivity index (χ4n) is 2.37. The van der Waals surface area contributed by atoms with Crippen molar-refractivity contribution >= 4 is 47.1 Å². The van der Waals surface area contributed by atoms with Crippen LogP contribution in [0.4, 0.5) is 18.0 Å². The molecule has 2 N–H and O–H groups in total. The lowest BCUT2D eigenvalue weighted by atomic mass is 10.0. The number of amides is 3. The average molecular weight is 466 g/mol. The third-order valence-electron chi connectivity index (χ3n) is 3.75. The summed E-state index contributed by atoms with van der Waals surface area (Å²) in [6.07, 6.45) is -4.18. The van der Waals surface area contributed by atoms with Gasteiger partial charge in [-0.25, -0.2) is 9.78 Å². The van der Waals surface area contributed by atoms with E-state index in [4.69, 9.17) is 23.2 Å². The molecule has 0 atom stereocenters. The van der Waals surface area contributed by atoms with E-state index in [1.807, 2.05) is 26.1 Å². The van der Waals surface area contributed by atoms with Gasteiger partial charge in [0.1, 0.15) is 5.69 Å². The van der Waals surface area contributed by atoms with Crippen molar-refractivity contribution < 1.29 is 22.8 Å². The molecule has 156 valence electrons. The second-order valence-electron chi connectivity index (χ2n) is 6.34. The Labute approximate surface area is 179 Å². The van der Waals surface area contributed by atoms with Gasteiger partial charge in [-0.05, 0) is 54.1 Å². The Hall–Kier alpha value is -1.97. The van der Waals surface area contributed by atoms with E-state index in [0.29, 0.717) is 17.3 Å². The molecule has 2 rings (SSSR count). The summed E-state index contributed by atoms with van der Waals surface area (Å²) in [6.45, 7) is 5.77. The Kier molecular flexibility index (Phi) is 7.42. The topological polar surface area (TPSA) is 71.1 Å². The number of imide groups is 1. The van der Waals surface area contributed by atoms with Crippen LogP contribution in [-0.2, 0) is 6.18 Å². The second kappa shape index (κ2) is 9.23. The van der Waals surface area contributed by atoms with Crippen molar-refractivity contribution in [2.45, 2.75) is 37.8 Å². The summed E-state index contributed by atoms with van der Waals surface area (Å²) in [7, 11) is 0. The summed E-state index contributed by atoms with van der Waals surface area (Å²) in [5, 5.41) is 2.03. The molecule has 11 heteroatoms. The Morgan fingerprint density at radius 3 is 2.38 bits per heavy atom. The zero-order chi connectivity index (χ0) is 21.9. The zero-order valence-electron chi connectivity index (χ0n) is 15.4. The molecule has 2 aromatic rings. The van der Waals surface area contributed by atoms with Crippen LogP contribution >= 0.6 is 35.1 Å². The molecule has 1 heterocycles. The van der Waals surface area contributed by atoms with Crippen LogP contribution in [-0.4, -0.2) is 16.9 Å². The number of nitrogens with one attached hydrogen (secondary N) is 2. The molecular weight excluding hydrogens is 450 g/mol. The Morgan fingerprint density at radius 1 is 1.17 bits per heavy atom. The summed E-state index contributed by atoms with van der Waals surface area (Å²) in [6, 6.07) is 3.23. The quantitative estimate of drug-likeness (QED) is 0.544. The molecule has 0 bridgehead atoms. The number of aromatic nitrogens is 1. The highest BCUT2D eigenvalue weighted by atomic mass is 35.5. The third kappa shape index (κ3) is 6.01. The summed E-state index contributed by atoms with van der Waals surface area (Å²) >= 11 is 12.8. The monoisotopic (exact) mass is 465 g/mol. The SMILES string of the molecule is Cc1cc(Cl)cc(C(C)C)c1SNC(=O)NC(=O)c1ncc(C(F)(F)F)cc1Cl. The molecule has 29 heavy (non-hydrogen) atoms. The number of alkyl halides is 3. The fourth-order valence-corrected chi connectivity index (χ4v) is 3.78. The van der Waals surface area contributed by atoms with Crippen molar-refractivity contribution in [2.75, 3.05) is 0 Å². The van der Waals surface area contributed by atoms with E-state index in [2.05, 4.69) is 9.71 Å². The molecule has 1 aromatic carbocycles. The standard InChI is InChI=1S/C18H16Cl2F3N3O2S/c1-8(2)12-6-11(19)4-9(3)15(12)29-26-17(28)25-16(27)14-13(20)5-10(7-24-14)18(21,22)23/h4-8H,1-3H3,(H2,25,26,27,28). The van der Waals surface area contributed by atoms with Gasteiger partial charge in [0.15, 0.2) is 0 Å². The first kappa shape index (κ1) is 23.3. The van der Waals surface area contributed by atoms with Crippen LogP contribution < -0.4 is 10.0 Å². The first-order valence-electron chi connectivity index (χ1n) is 8.21. The van der Waals surface area contributed by atoms with Crippen molar-refractivity contribution in [3.05, 3.63) is 56.8 Å². The van der Waals surface area contributed by atoms with Crippen molar-refractivity contribution in [1.29, 1.82) is 0 Å². The fraction of sp³-hybridized carbons (Fsp3) is 0.278. The average Bonchev–Trinajstić information content (AvgIpc) is 2.59. The number of rotatable bonds is 4. The molecular formula is C18H16Cl2F3N3O2S. The van der Waals surface area contributed by atoms with Gasteiger partial charge in [0.25, 0.3) is 5.91 Å². The molecule has 1 aromatic heterocycles. The van der Waals surface area contributed by atoms with Crippen molar-refractivity contribution in [3.8, 4) is 0 Å². The summed E-state index contributed by atoms with van der Waals surface area (Å²) < 4.78 is 40.4. The highest BCUT2D eigenvalue weighted by Gasteiger charge is 2.32. The van der Waals surface area contributed by atoms with Crippen LogP contribution in [0.3, 0.4) is 0 Å². The molecule has 0 saturated carbocycles. The van der Waals surface area contributed by atoms with E-state index >= 15 is 0 Å².